The van der Waals surface area contributed by atoms with Gasteiger partial charge in [0, 0.05) is 6.07 Å². The van der Waals surface area contributed by atoms with Crippen molar-refractivity contribution in [1.29, 1.82) is 0 Å². The molecule has 0 heterocycles. The molecule has 0 spiro atoms. The summed E-state index contributed by atoms with van der Waals surface area (Å²) in [5, 5.41) is 0.321. The fraction of sp³-hybridized carbons (Fsp3) is 0.0714. The summed E-state index contributed by atoms with van der Waals surface area (Å²) in [6.45, 7) is 0. The van der Waals surface area contributed by atoms with Crippen molar-refractivity contribution in [3.8, 4) is 5.75 Å². The summed E-state index contributed by atoms with van der Waals surface area (Å²) in [6, 6.07) is -0.231. The molecule has 0 aliphatic rings. The van der Waals surface area contributed by atoms with Gasteiger partial charge >= 0.3 is 6.18 Å². The molecule has 27 heavy (non-hydrogen) atoms. The Morgan fingerprint density at radius 3 is 1.74 bits per heavy atom. The number of halogens is 10. The lowest BCUT2D eigenvalue weighted by molar-refractivity contribution is -0.140. The molecule has 0 atom stereocenters. The van der Waals surface area contributed by atoms with Crippen molar-refractivity contribution in [2.45, 2.75) is 6.18 Å². The number of hydrogen-bond acceptors (Lipinski definition) is 2. The van der Waals surface area contributed by atoms with Crippen LogP contribution in [0.4, 0.5) is 49.6 Å². The normalized spacial score (nSPS) is 11.5. The third-order valence-electron chi connectivity index (χ3n) is 2.96. The molecule has 2 nitrogen and oxygen atoms in total. The second kappa shape index (κ2) is 7.21. The van der Waals surface area contributed by atoms with E-state index < -0.39 is 69.1 Å². The highest BCUT2D eigenvalue weighted by atomic mass is 32.1. The van der Waals surface area contributed by atoms with Gasteiger partial charge < -0.3 is 10.1 Å². The molecule has 0 saturated heterocycles. The van der Waals surface area contributed by atoms with Gasteiger partial charge in [-0.05, 0) is 18.3 Å². The highest BCUT2D eigenvalue weighted by molar-refractivity contribution is 7.80. The predicted molar refractivity (Wildman–Crippen MR) is 74.4 cm³/mol. The van der Waals surface area contributed by atoms with E-state index in [9.17, 15) is 43.9 Å². The van der Waals surface area contributed by atoms with Crippen molar-refractivity contribution in [2.24, 2.45) is 0 Å². The second-order valence-corrected chi connectivity index (χ2v) is 5.09. The minimum atomic E-state index is -5.22. The molecular weight excluding hydrogens is 420 g/mol. The second-order valence-electron chi connectivity index (χ2n) is 4.72. The van der Waals surface area contributed by atoms with Gasteiger partial charge in [0.05, 0.1) is 11.3 Å². The van der Waals surface area contributed by atoms with Crippen molar-refractivity contribution in [2.75, 3.05) is 5.32 Å². The standard InChI is InChI=1S/C14H3F10NOS/c15-4-2-5(16)6(1-3(4)14(22,23)24)25-13(27)26-12-10(20)8(18)7(17)9(19)11(12)21/h1-2H,(H,25,27). The van der Waals surface area contributed by atoms with E-state index in [4.69, 9.17) is 0 Å². The molecule has 0 unspecified atom stereocenters. The Hall–Kier alpha value is -2.57. The average Bonchev–Trinajstić information content (AvgIpc) is 2.56. The number of benzene rings is 2. The van der Waals surface area contributed by atoms with Crippen LogP contribution in [0, 0.1) is 40.7 Å². The van der Waals surface area contributed by atoms with Crippen LogP contribution >= 0.6 is 12.2 Å². The fourth-order valence-electron chi connectivity index (χ4n) is 1.76. The summed E-state index contributed by atoms with van der Waals surface area (Å²) >= 11 is 4.34. The van der Waals surface area contributed by atoms with Crippen LogP contribution in [0.25, 0.3) is 0 Å². The number of hydrogen-bond donors (Lipinski definition) is 1. The quantitative estimate of drug-likeness (QED) is 0.300. The van der Waals surface area contributed by atoms with E-state index in [1.165, 1.54) is 0 Å². The van der Waals surface area contributed by atoms with Crippen LogP contribution in [0.2, 0.25) is 0 Å². The van der Waals surface area contributed by atoms with Crippen LogP contribution in [0.1, 0.15) is 5.56 Å². The molecule has 0 aliphatic heterocycles. The summed E-state index contributed by atoms with van der Waals surface area (Å²) in [5.41, 5.74) is -3.04. The lowest BCUT2D eigenvalue weighted by atomic mass is 10.1. The Morgan fingerprint density at radius 2 is 1.26 bits per heavy atom. The zero-order valence-corrected chi connectivity index (χ0v) is 13.1. The van der Waals surface area contributed by atoms with Gasteiger partial charge in [0.25, 0.3) is 5.17 Å². The molecule has 0 radical (unpaired) electrons. The monoisotopic (exact) mass is 423 g/mol. The summed E-state index contributed by atoms with van der Waals surface area (Å²) in [5.74, 6) is -17.5. The number of rotatable bonds is 2. The van der Waals surface area contributed by atoms with Crippen molar-refractivity contribution < 1.29 is 48.6 Å². The van der Waals surface area contributed by atoms with Crippen LogP contribution in [-0.2, 0) is 6.18 Å². The molecule has 2 aromatic carbocycles. The first-order valence-electron chi connectivity index (χ1n) is 6.41. The van der Waals surface area contributed by atoms with Crippen LogP contribution in [0.5, 0.6) is 5.75 Å². The lowest BCUT2D eigenvalue weighted by Crippen LogP contribution is -2.20. The Kier molecular flexibility index (Phi) is 5.54. The van der Waals surface area contributed by atoms with E-state index in [0.717, 1.165) is 0 Å². The van der Waals surface area contributed by atoms with Gasteiger partial charge in [0.1, 0.15) is 11.6 Å². The number of nitrogens with one attached hydrogen (secondary N) is 1. The molecule has 0 bridgehead atoms. The lowest BCUT2D eigenvalue weighted by Gasteiger charge is -2.14. The number of alkyl halides is 3. The Balaban J connectivity index is 2.35. The maximum atomic E-state index is 13.6. The minimum Gasteiger partial charge on any atom is -0.425 e. The van der Waals surface area contributed by atoms with E-state index in [2.05, 4.69) is 17.0 Å². The van der Waals surface area contributed by atoms with E-state index in [1.54, 1.807) is 5.32 Å². The van der Waals surface area contributed by atoms with Crippen LogP contribution in [0.3, 0.4) is 0 Å². The predicted octanol–water partition coefficient (Wildman–Crippen LogP) is 5.45. The van der Waals surface area contributed by atoms with Crippen molar-refractivity contribution in [3.63, 3.8) is 0 Å². The van der Waals surface area contributed by atoms with Gasteiger partial charge in [-0.3, -0.25) is 0 Å². The molecule has 1 N–H and O–H groups in total. The molecule has 2 aromatic rings. The van der Waals surface area contributed by atoms with Crippen LogP contribution in [-0.4, -0.2) is 5.17 Å². The molecule has 146 valence electrons. The van der Waals surface area contributed by atoms with Gasteiger partial charge in [0.2, 0.25) is 34.8 Å². The molecule has 0 aromatic heterocycles. The molecule has 13 heteroatoms. The van der Waals surface area contributed by atoms with Crippen molar-refractivity contribution in [1.82, 2.24) is 0 Å². The van der Waals surface area contributed by atoms with Crippen molar-refractivity contribution >= 4 is 23.1 Å². The van der Waals surface area contributed by atoms with Gasteiger partial charge in [-0.1, -0.05) is 0 Å². The molecule has 0 fully saturated rings. The summed E-state index contributed by atoms with van der Waals surface area (Å²) < 4.78 is 135. The fourth-order valence-corrected chi connectivity index (χ4v) is 1.96. The zero-order chi connectivity index (χ0) is 20.7. The van der Waals surface area contributed by atoms with Crippen LogP contribution in [0.15, 0.2) is 12.1 Å². The number of thiocarbonyl (C=S) groups is 1. The third kappa shape index (κ3) is 4.07. The first kappa shape index (κ1) is 20.7. The summed E-state index contributed by atoms with van der Waals surface area (Å²) in [6.07, 6.45) is -5.22. The molecule has 0 amide bonds. The average molecular weight is 423 g/mol. The van der Waals surface area contributed by atoms with E-state index in [0.29, 0.717) is 0 Å². The Bertz CT molecular complexity index is 898. The first-order chi connectivity index (χ1) is 12.3. The van der Waals surface area contributed by atoms with Gasteiger partial charge in [0.15, 0.2) is 0 Å². The van der Waals surface area contributed by atoms with E-state index in [1.807, 2.05) is 0 Å². The van der Waals surface area contributed by atoms with Gasteiger partial charge in [-0.2, -0.15) is 22.0 Å². The maximum absolute atomic E-state index is 13.6. The van der Waals surface area contributed by atoms with E-state index >= 15 is 0 Å². The van der Waals surface area contributed by atoms with Gasteiger partial charge in [-0.15, -0.1) is 0 Å². The minimum absolute atomic E-state index is 0.0706. The van der Waals surface area contributed by atoms with E-state index in [-0.39, 0.29) is 12.1 Å². The molecule has 0 aliphatic carbocycles. The third-order valence-corrected chi connectivity index (χ3v) is 3.15. The van der Waals surface area contributed by atoms with Crippen LogP contribution < -0.4 is 10.1 Å². The number of anilines is 1. The topological polar surface area (TPSA) is 21.3 Å². The molecular formula is C14H3F10NOS. The van der Waals surface area contributed by atoms with Gasteiger partial charge in [-0.25, -0.2) is 22.0 Å². The smallest absolute Gasteiger partial charge is 0.419 e. The maximum Gasteiger partial charge on any atom is 0.419 e. The van der Waals surface area contributed by atoms with Crippen molar-refractivity contribution in [3.05, 3.63) is 58.4 Å². The summed E-state index contributed by atoms with van der Waals surface area (Å²) in [4.78, 5) is 0. The highest BCUT2D eigenvalue weighted by Gasteiger charge is 2.35. The number of ether oxygens (including phenoxy) is 1. The molecule has 2 rings (SSSR count). The summed E-state index contributed by atoms with van der Waals surface area (Å²) in [7, 11) is 0. The highest BCUT2D eigenvalue weighted by Crippen LogP contribution is 2.34. The molecule has 0 saturated carbocycles. The Morgan fingerprint density at radius 1 is 0.778 bits per heavy atom. The Labute approximate surface area is 148 Å². The first-order valence-corrected chi connectivity index (χ1v) is 6.82. The zero-order valence-electron chi connectivity index (χ0n) is 12.3. The SMILES string of the molecule is Fc1cc(F)c(C(F)(F)F)cc1NC(=S)Oc1c(F)c(F)c(F)c(F)c1F. The largest absolute Gasteiger partial charge is 0.425 e.